The molecule has 1 atom stereocenters. The van der Waals surface area contributed by atoms with Gasteiger partial charge in [-0.25, -0.2) is 0 Å². The van der Waals surface area contributed by atoms with Gasteiger partial charge in [0.2, 0.25) is 0 Å². The van der Waals surface area contributed by atoms with Crippen molar-refractivity contribution in [2.45, 2.75) is 26.4 Å². The number of nitrogen functional groups attached to an aromatic ring is 1. The van der Waals surface area contributed by atoms with Gasteiger partial charge in [-0.3, -0.25) is 4.98 Å². The second-order valence-corrected chi connectivity index (χ2v) is 4.83. The highest BCUT2D eigenvalue weighted by molar-refractivity contribution is 5.64. The fourth-order valence-electron chi connectivity index (χ4n) is 2.31. The van der Waals surface area contributed by atoms with E-state index in [2.05, 4.69) is 24.0 Å². The summed E-state index contributed by atoms with van der Waals surface area (Å²) in [4.78, 5) is 4.52. The van der Waals surface area contributed by atoms with Crippen molar-refractivity contribution in [1.82, 2.24) is 4.98 Å². The molecule has 0 spiro atoms. The van der Waals surface area contributed by atoms with Crippen LogP contribution in [-0.4, -0.2) is 11.1 Å². The number of aromatic nitrogens is 1. The molecule has 18 heavy (non-hydrogen) atoms. The number of fused-ring (bicyclic) bond motifs is 1. The van der Waals surface area contributed by atoms with Crippen molar-refractivity contribution in [3.63, 3.8) is 0 Å². The number of nitrogens with zero attached hydrogens (tertiary/aromatic N) is 1. The first-order chi connectivity index (χ1) is 8.63. The van der Waals surface area contributed by atoms with Gasteiger partial charge in [-0.05, 0) is 49.7 Å². The van der Waals surface area contributed by atoms with Gasteiger partial charge in [0.25, 0.3) is 0 Å². The summed E-state index contributed by atoms with van der Waals surface area (Å²) >= 11 is 0. The zero-order valence-electron chi connectivity index (χ0n) is 10.6. The Morgan fingerprint density at radius 2 is 2.11 bits per heavy atom. The van der Waals surface area contributed by atoms with Gasteiger partial charge in [-0.15, -0.1) is 0 Å². The monoisotopic (exact) mass is 240 g/mol. The molecule has 0 saturated carbocycles. The molecule has 1 aromatic carbocycles. The lowest BCUT2D eigenvalue weighted by Gasteiger charge is -2.06. The van der Waals surface area contributed by atoms with Crippen LogP contribution in [0.2, 0.25) is 0 Å². The number of pyridine rings is 1. The standard InChI is InChI=1S/C15H16N2O/c1-9-7-12-8-11(3-6-15(12)18-9)14-5-4-13(16)10(2)17-14/h3-6,8-9H,7,16H2,1-2H3. The molecule has 3 nitrogen and oxygen atoms in total. The molecule has 0 radical (unpaired) electrons. The highest BCUT2D eigenvalue weighted by Gasteiger charge is 2.19. The van der Waals surface area contributed by atoms with Gasteiger partial charge in [0.15, 0.2) is 0 Å². The molecule has 0 fully saturated rings. The molecule has 0 saturated heterocycles. The van der Waals surface area contributed by atoms with Crippen LogP contribution >= 0.6 is 0 Å². The third-order valence-corrected chi connectivity index (χ3v) is 3.32. The largest absolute Gasteiger partial charge is 0.490 e. The number of hydrogen-bond donors (Lipinski definition) is 1. The molecule has 0 bridgehead atoms. The van der Waals surface area contributed by atoms with Crippen LogP contribution in [0.3, 0.4) is 0 Å². The summed E-state index contributed by atoms with van der Waals surface area (Å²) in [5.74, 6) is 0.999. The number of nitrogens with two attached hydrogens (primary N) is 1. The normalized spacial score (nSPS) is 17.3. The van der Waals surface area contributed by atoms with E-state index in [1.165, 1.54) is 5.56 Å². The third-order valence-electron chi connectivity index (χ3n) is 3.32. The third kappa shape index (κ3) is 1.82. The summed E-state index contributed by atoms with van der Waals surface area (Å²) in [5, 5.41) is 0. The van der Waals surface area contributed by atoms with Gasteiger partial charge in [-0.1, -0.05) is 0 Å². The quantitative estimate of drug-likeness (QED) is 0.833. The molecular formula is C15H16N2O. The molecule has 1 aliphatic rings. The Bertz CT molecular complexity index is 607. The average Bonchev–Trinajstić information content (AvgIpc) is 2.71. The Balaban J connectivity index is 2.03. The van der Waals surface area contributed by atoms with Gasteiger partial charge in [-0.2, -0.15) is 0 Å². The average molecular weight is 240 g/mol. The fraction of sp³-hybridized carbons (Fsp3) is 0.267. The minimum atomic E-state index is 0.274. The fourth-order valence-corrected chi connectivity index (χ4v) is 2.31. The smallest absolute Gasteiger partial charge is 0.123 e. The van der Waals surface area contributed by atoms with E-state index >= 15 is 0 Å². The highest BCUT2D eigenvalue weighted by atomic mass is 16.5. The van der Waals surface area contributed by atoms with Crippen LogP contribution in [0.25, 0.3) is 11.3 Å². The summed E-state index contributed by atoms with van der Waals surface area (Å²) in [6, 6.07) is 10.1. The molecule has 3 rings (SSSR count). The van der Waals surface area contributed by atoms with Crippen molar-refractivity contribution in [3.8, 4) is 17.0 Å². The lowest BCUT2D eigenvalue weighted by atomic mass is 10.0. The van der Waals surface area contributed by atoms with Crippen molar-refractivity contribution in [1.29, 1.82) is 0 Å². The lowest BCUT2D eigenvalue weighted by Crippen LogP contribution is -2.05. The predicted octanol–water partition coefficient (Wildman–Crippen LogP) is 2.96. The molecule has 2 heterocycles. The van der Waals surface area contributed by atoms with Crippen molar-refractivity contribution in [2.75, 3.05) is 5.73 Å². The minimum absolute atomic E-state index is 0.274. The Morgan fingerprint density at radius 3 is 2.89 bits per heavy atom. The molecule has 0 aliphatic carbocycles. The van der Waals surface area contributed by atoms with Gasteiger partial charge in [0.1, 0.15) is 11.9 Å². The second kappa shape index (κ2) is 4.02. The summed E-state index contributed by atoms with van der Waals surface area (Å²) < 4.78 is 5.70. The maximum atomic E-state index is 5.79. The van der Waals surface area contributed by atoms with Gasteiger partial charge in [0.05, 0.1) is 17.1 Å². The summed E-state index contributed by atoms with van der Waals surface area (Å²) in [6.45, 7) is 4.02. The van der Waals surface area contributed by atoms with Crippen molar-refractivity contribution in [3.05, 3.63) is 41.6 Å². The number of rotatable bonds is 1. The molecule has 3 heteroatoms. The van der Waals surface area contributed by atoms with Gasteiger partial charge >= 0.3 is 0 Å². The van der Waals surface area contributed by atoms with Crippen molar-refractivity contribution >= 4 is 5.69 Å². The zero-order valence-corrected chi connectivity index (χ0v) is 10.6. The van der Waals surface area contributed by atoms with E-state index in [9.17, 15) is 0 Å². The number of aryl methyl sites for hydroxylation is 1. The predicted molar refractivity (Wildman–Crippen MR) is 72.6 cm³/mol. The Hall–Kier alpha value is -2.03. The van der Waals surface area contributed by atoms with E-state index in [-0.39, 0.29) is 6.10 Å². The molecule has 0 amide bonds. The lowest BCUT2D eigenvalue weighted by molar-refractivity contribution is 0.254. The van der Waals surface area contributed by atoms with E-state index in [0.717, 1.165) is 34.8 Å². The maximum absolute atomic E-state index is 5.79. The SMILES string of the molecule is Cc1nc(-c2ccc3c(c2)CC(C)O3)ccc1N. The van der Waals surface area contributed by atoms with E-state index in [4.69, 9.17) is 10.5 Å². The van der Waals surface area contributed by atoms with Crippen LogP contribution in [-0.2, 0) is 6.42 Å². The van der Waals surface area contributed by atoms with Crippen molar-refractivity contribution in [2.24, 2.45) is 0 Å². The zero-order chi connectivity index (χ0) is 12.7. The number of ether oxygens (including phenoxy) is 1. The van der Waals surface area contributed by atoms with Crippen LogP contribution in [0.15, 0.2) is 30.3 Å². The second-order valence-electron chi connectivity index (χ2n) is 4.83. The maximum Gasteiger partial charge on any atom is 0.123 e. The molecule has 1 aromatic heterocycles. The number of hydrogen-bond acceptors (Lipinski definition) is 3. The van der Waals surface area contributed by atoms with Crippen molar-refractivity contribution < 1.29 is 4.74 Å². The van der Waals surface area contributed by atoms with Crippen LogP contribution < -0.4 is 10.5 Å². The molecule has 2 aromatic rings. The van der Waals surface area contributed by atoms with Crippen LogP contribution in [0.4, 0.5) is 5.69 Å². The van der Waals surface area contributed by atoms with Crippen LogP contribution in [0, 0.1) is 6.92 Å². The molecule has 2 N–H and O–H groups in total. The summed E-state index contributed by atoms with van der Waals surface area (Å²) in [7, 11) is 0. The molecule has 92 valence electrons. The summed E-state index contributed by atoms with van der Waals surface area (Å²) in [5.41, 5.74) is 10.7. The molecule has 1 aliphatic heterocycles. The van der Waals surface area contributed by atoms with E-state index < -0.39 is 0 Å². The first-order valence-electron chi connectivity index (χ1n) is 6.16. The Morgan fingerprint density at radius 1 is 1.28 bits per heavy atom. The van der Waals surface area contributed by atoms with E-state index in [0.29, 0.717) is 0 Å². The molecular weight excluding hydrogens is 224 g/mol. The van der Waals surface area contributed by atoms with E-state index in [1.54, 1.807) is 0 Å². The summed E-state index contributed by atoms with van der Waals surface area (Å²) in [6.07, 6.45) is 1.24. The Kier molecular flexibility index (Phi) is 2.47. The molecule has 1 unspecified atom stereocenters. The van der Waals surface area contributed by atoms with Gasteiger partial charge < -0.3 is 10.5 Å². The topological polar surface area (TPSA) is 48.1 Å². The Labute approximate surface area is 107 Å². The van der Waals surface area contributed by atoms with E-state index in [1.807, 2.05) is 25.1 Å². The van der Waals surface area contributed by atoms with Crippen LogP contribution in [0.5, 0.6) is 5.75 Å². The van der Waals surface area contributed by atoms with Crippen LogP contribution in [0.1, 0.15) is 18.2 Å². The number of anilines is 1. The van der Waals surface area contributed by atoms with Gasteiger partial charge in [0, 0.05) is 12.0 Å². The minimum Gasteiger partial charge on any atom is -0.490 e. The highest BCUT2D eigenvalue weighted by Crippen LogP contribution is 2.32. The first kappa shape index (κ1) is 11.1. The number of benzene rings is 1. The first-order valence-corrected chi connectivity index (χ1v) is 6.16.